The Kier molecular flexibility index (Phi) is 5.66. The number of amides is 2. The predicted molar refractivity (Wildman–Crippen MR) is 108 cm³/mol. The molecule has 7 nitrogen and oxygen atoms in total. The lowest BCUT2D eigenvalue weighted by Gasteiger charge is -2.13. The number of nitrogens with one attached hydrogen (secondary N) is 2. The second kappa shape index (κ2) is 8.55. The Hall–Kier alpha value is -3.75. The normalized spacial score (nSPS) is 14.7. The summed E-state index contributed by atoms with van der Waals surface area (Å²) in [5.74, 6) is -2.46. The molecule has 0 radical (unpaired) electrons. The maximum Gasteiger partial charge on any atom is 0.408 e. The standard InChI is InChI=1S/C22H20F2N4O3/c1-28-11-16-15(20(28)21(29)26-13-5-7-17(23)18(24)10-13)6-8-19(16)27-22(30)31-12-14-4-2-3-9-25-14/h2-5,7,9-11,19H,6,8,12H2,1H3,(H,26,29)(H,27,30). The molecule has 3 aromatic rings. The Bertz CT molecular complexity index is 1130. The summed E-state index contributed by atoms with van der Waals surface area (Å²) in [5, 5.41) is 5.41. The Balaban J connectivity index is 1.43. The number of benzene rings is 1. The molecule has 0 fully saturated rings. The lowest BCUT2D eigenvalue weighted by molar-refractivity contribution is 0.101. The molecule has 1 aromatic carbocycles. The molecule has 1 aliphatic rings. The Morgan fingerprint density at radius 2 is 2.06 bits per heavy atom. The molecule has 0 aliphatic heterocycles. The van der Waals surface area contributed by atoms with E-state index in [1.165, 1.54) is 6.07 Å². The molecule has 2 aromatic heterocycles. The van der Waals surface area contributed by atoms with Crippen LogP contribution in [-0.4, -0.2) is 21.6 Å². The highest BCUT2D eigenvalue weighted by Crippen LogP contribution is 2.35. The monoisotopic (exact) mass is 426 g/mol. The van der Waals surface area contributed by atoms with Crippen molar-refractivity contribution in [2.45, 2.75) is 25.5 Å². The number of aromatic nitrogens is 2. The first kappa shape index (κ1) is 20.5. The van der Waals surface area contributed by atoms with Crippen LogP contribution < -0.4 is 10.6 Å². The van der Waals surface area contributed by atoms with E-state index < -0.39 is 23.6 Å². The molecule has 2 amide bonds. The first-order chi connectivity index (χ1) is 14.9. The molecule has 2 heterocycles. The maximum atomic E-state index is 13.4. The van der Waals surface area contributed by atoms with Crippen LogP contribution in [0.25, 0.3) is 0 Å². The van der Waals surface area contributed by atoms with Gasteiger partial charge < -0.3 is 19.9 Å². The first-order valence-corrected chi connectivity index (χ1v) is 9.70. The fraction of sp³-hybridized carbons (Fsp3) is 0.227. The summed E-state index contributed by atoms with van der Waals surface area (Å²) >= 11 is 0. The van der Waals surface area contributed by atoms with E-state index in [1.54, 1.807) is 36.1 Å². The van der Waals surface area contributed by atoms with Gasteiger partial charge in [0.15, 0.2) is 11.6 Å². The summed E-state index contributed by atoms with van der Waals surface area (Å²) in [6.45, 7) is 0.0585. The van der Waals surface area contributed by atoms with Gasteiger partial charge in [-0.25, -0.2) is 13.6 Å². The summed E-state index contributed by atoms with van der Waals surface area (Å²) in [6, 6.07) is 8.23. The van der Waals surface area contributed by atoms with Crippen LogP contribution in [0.4, 0.5) is 19.3 Å². The lowest BCUT2D eigenvalue weighted by atomic mass is 10.1. The van der Waals surface area contributed by atoms with Gasteiger partial charge in [0.05, 0.1) is 11.7 Å². The number of anilines is 1. The quantitative estimate of drug-likeness (QED) is 0.649. The van der Waals surface area contributed by atoms with Crippen LogP contribution in [0.1, 0.15) is 39.8 Å². The zero-order chi connectivity index (χ0) is 22.0. The van der Waals surface area contributed by atoms with Crippen molar-refractivity contribution >= 4 is 17.7 Å². The number of carbonyl (C=O) groups excluding carboxylic acids is 2. The third-order valence-corrected chi connectivity index (χ3v) is 5.14. The van der Waals surface area contributed by atoms with E-state index >= 15 is 0 Å². The van der Waals surface area contributed by atoms with Crippen molar-refractivity contribution in [3.05, 3.63) is 82.9 Å². The van der Waals surface area contributed by atoms with Gasteiger partial charge in [0, 0.05) is 31.2 Å². The summed E-state index contributed by atoms with van der Waals surface area (Å²) < 4.78 is 33.4. The average molecular weight is 426 g/mol. The maximum absolute atomic E-state index is 13.4. The molecule has 0 saturated carbocycles. The summed E-state index contributed by atoms with van der Waals surface area (Å²) in [7, 11) is 1.72. The van der Waals surface area contributed by atoms with Crippen LogP contribution in [0, 0.1) is 11.6 Å². The van der Waals surface area contributed by atoms with E-state index in [0.717, 1.165) is 23.3 Å². The molecule has 4 rings (SSSR count). The fourth-order valence-corrected chi connectivity index (χ4v) is 3.73. The van der Waals surface area contributed by atoms with Gasteiger partial charge in [-0.15, -0.1) is 0 Å². The smallest absolute Gasteiger partial charge is 0.408 e. The lowest BCUT2D eigenvalue weighted by Crippen LogP contribution is -2.27. The number of aryl methyl sites for hydroxylation is 1. The van der Waals surface area contributed by atoms with E-state index in [1.807, 2.05) is 6.07 Å². The number of hydrogen-bond donors (Lipinski definition) is 2. The number of ether oxygens (including phenoxy) is 1. The van der Waals surface area contributed by atoms with Crippen molar-refractivity contribution in [3.8, 4) is 0 Å². The molecule has 0 saturated heterocycles. The van der Waals surface area contributed by atoms with Crippen molar-refractivity contribution in [1.82, 2.24) is 14.9 Å². The van der Waals surface area contributed by atoms with Crippen LogP contribution in [0.2, 0.25) is 0 Å². The molecule has 9 heteroatoms. The SMILES string of the molecule is Cn1cc2c(c1C(=O)Nc1ccc(F)c(F)c1)CCC2NC(=O)OCc1ccccn1. The van der Waals surface area contributed by atoms with Crippen molar-refractivity contribution in [3.63, 3.8) is 0 Å². The van der Waals surface area contributed by atoms with Crippen molar-refractivity contribution in [1.29, 1.82) is 0 Å². The number of nitrogens with zero attached hydrogens (tertiary/aromatic N) is 2. The number of hydrogen-bond acceptors (Lipinski definition) is 4. The second-order valence-corrected chi connectivity index (χ2v) is 7.24. The number of pyridine rings is 1. The minimum atomic E-state index is -1.04. The predicted octanol–water partition coefficient (Wildman–Crippen LogP) is 3.86. The molecule has 2 N–H and O–H groups in total. The topological polar surface area (TPSA) is 85.2 Å². The van der Waals surface area contributed by atoms with Crippen LogP contribution >= 0.6 is 0 Å². The largest absolute Gasteiger partial charge is 0.443 e. The molecule has 1 atom stereocenters. The number of rotatable bonds is 5. The van der Waals surface area contributed by atoms with E-state index in [2.05, 4.69) is 15.6 Å². The van der Waals surface area contributed by atoms with Gasteiger partial charge in [0.2, 0.25) is 0 Å². The van der Waals surface area contributed by atoms with Gasteiger partial charge in [0.25, 0.3) is 5.91 Å². The van der Waals surface area contributed by atoms with E-state index in [-0.39, 0.29) is 18.3 Å². The number of carbonyl (C=O) groups is 2. The highest BCUT2D eigenvalue weighted by atomic mass is 19.2. The van der Waals surface area contributed by atoms with E-state index in [4.69, 9.17) is 4.74 Å². The highest BCUT2D eigenvalue weighted by Gasteiger charge is 2.31. The van der Waals surface area contributed by atoms with E-state index in [0.29, 0.717) is 24.2 Å². The summed E-state index contributed by atoms with van der Waals surface area (Å²) in [4.78, 5) is 29.1. The molecule has 0 bridgehead atoms. The molecule has 31 heavy (non-hydrogen) atoms. The van der Waals surface area contributed by atoms with Crippen molar-refractivity contribution < 1.29 is 23.1 Å². The first-order valence-electron chi connectivity index (χ1n) is 9.70. The molecule has 160 valence electrons. The zero-order valence-corrected chi connectivity index (χ0v) is 16.7. The van der Waals surface area contributed by atoms with Gasteiger partial charge in [-0.2, -0.15) is 0 Å². The highest BCUT2D eigenvalue weighted by molar-refractivity contribution is 6.04. The van der Waals surface area contributed by atoms with Crippen LogP contribution in [0.5, 0.6) is 0 Å². The van der Waals surface area contributed by atoms with Gasteiger partial charge in [-0.3, -0.25) is 9.78 Å². The van der Waals surface area contributed by atoms with Crippen molar-refractivity contribution in [2.24, 2.45) is 7.05 Å². The fourth-order valence-electron chi connectivity index (χ4n) is 3.73. The molecule has 1 unspecified atom stereocenters. The number of halogens is 2. The Labute approximate surface area is 177 Å². The van der Waals surface area contributed by atoms with Crippen molar-refractivity contribution in [2.75, 3.05) is 5.32 Å². The molecule has 1 aliphatic carbocycles. The molecular formula is C22H20F2N4O3. The Morgan fingerprint density at radius 3 is 2.81 bits per heavy atom. The third kappa shape index (κ3) is 4.40. The van der Waals surface area contributed by atoms with Gasteiger partial charge in [0.1, 0.15) is 12.3 Å². The van der Waals surface area contributed by atoms with Crippen LogP contribution in [0.3, 0.4) is 0 Å². The second-order valence-electron chi connectivity index (χ2n) is 7.24. The van der Waals surface area contributed by atoms with Gasteiger partial charge >= 0.3 is 6.09 Å². The zero-order valence-electron chi connectivity index (χ0n) is 16.7. The molecule has 0 spiro atoms. The average Bonchev–Trinajstić information content (AvgIpc) is 3.28. The van der Waals surface area contributed by atoms with Gasteiger partial charge in [-0.1, -0.05) is 6.07 Å². The Morgan fingerprint density at radius 1 is 1.23 bits per heavy atom. The van der Waals surface area contributed by atoms with Gasteiger partial charge in [-0.05, 0) is 48.2 Å². The minimum absolute atomic E-state index is 0.0585. The molecular weight excluding hydrogens is 406 g/mol. The van der Waals surface area contributed by atoms with Crippen LogP contribution in [-0.2, 0) is 24.8 Å². The van der Waals surface area contributed by atoms with Crippen LogP contribution in [0.15, 0.2) is 48.8 Å². The minimum Gasteiger partial charge on any atom is -0.443 e. The number of alkyl carbamates (subject to hydrolysis) is 1. The third-order valence-electron chi connectivity index (χ3n) is 5.14. The summed E-state index contributed by atoms with van der Waals surface area (Å²) in [6.07, 6.45) is 4.04. The summed E-state index contributed by atoms with van der Waals surface area (Å²) in [5.41, 5.74) is 2.83. The van der Waals surface area contributed by atoms with E-state index in [9.17, 15) is 18.4 Å². The number of fused-ring (bicyclic) bond motifs is 1.